The van der Waals surface area contributed by atoms with Gasteiger partial charge in [0.15, 0.2) is 6.29 Å². The molecular weight excluding hydrogens is 324 g/mol. The number of rotatable bonds is 4. The Labute approximate surface area is 147 Å². The van der Waals surface area contributed by atoms with Crippen LogP contribution < -0.4 is 0 Å². The predicted octanol–water partition coefficient (Wildman–Crippen LogP) is 5.10. The zero-order chi connectivity index (χ0) is 17.8. The molecule has 0 aromatic heterocycles. The number of nitrogens with zero attached hydrogens (tertiary/aromatic N) is 1. The summed E-state index contributed by atoms with van der Waals surface area (Å²) in [6.45, 7) is 3.35. The molecule has 136 valence electrons. The van der Waals surface area contributed by atoms with Crippen molar-refractivity contribution in [1.29, 1.82) is 5.26 Å². The molecule has 3 nitrogen and oxygen atoms in total. The van der Waals surface area contributed by atoms with Gasteiger partial charge in [-0.05, 0) is 36.8 Å². The molecular formula is C20H25F2NO2. The first kappa shape index (κ1) is 18.3. The van der Waals surface area contributed by atoms with Crippen molar-refractivity contribution >= 4 is 0 Å². The second-order valence-corrected chi connectivity index (χ2v) is 7.30. The van der Waals surface area contributed by atoms with Crippen LogP contribution in [0.15, 0.2) is 12.1 Å². The maximum atomic E-state index is 13.8. The van der Waals surface area contributed by atoms with E-state index in [0.717, 1.165) is 18.1 Å². The summed E-state index contributed by atoms with van der Waals surface area (Å²) in [4.78, 5) is 0. The van der Waals surface area contributed by atoms with Crippen LogP contribution in [0.1, 0.15) is 62.9 Å². The summed E-state index contributed by atoms with van der Waals surface area (Å²) in [6, 6.07) is 3.78. The van der Waals surface area contributed by atoms with Crippen molar-refractivity contribution in [1.82, 2.24) is 0 Å². The third kappa shape index (κ3) is 4.19. The standard InChI is InChI=1S/C20H25F2NO2/c1-2-3-13-4-6-14(7-5-13)16-11-24-20(25-12-16)15-8-18(21)17(10-23)19(22)9-15/h8-9,13-14,16,20H,2-7,11-12H2,1H3/t13-,14-,16-,20-. The van der Waals surface area contributed by atoms with Gasteiger partial charge in [-0.2, -0.15) is 5.26 Å². The first-order valence-corrected chi connectivity index (χ1v) is 9.24. The maximum absolute atomic E-state index is 13.8. The molecule has 2 aliphatic rings. The van der Waals surface area contributed by atoms with E-state index in [1.54, 1.807) is 0 Å². The molecule has 0 amide bonds. The van der Waals surface area contributed by atoms with Gasteiger partial charge in [-0.25, -0.2) is 8.78 Å². The van der Waals surface area contributed by atoms with Crippen LogP contribution in [0.25, 0.3) is 0 Å². The quantitative estimate of drug-likeness (QED) is 0.759. The second-order valence-electron chi connectivity index (χ2n) is 7.30. The lowest BCUT2D eigenvalue weighted by Gasteiger charge is -2.37. The Hall–Kier alpha value is -1.51. The minimum atomic E-state index is -0.874. The lowest BCUT2D eigenvalue weighted by molar-refractivity contribution is -0.215. The highest BCUT2D eigenvalue weighted by molar-refractivity contribution is 5.35. The highest BCUT2D eigenvalue weighted by Gasteiger charge is 2.32. The Balaban J connectivity index is 1.55. The lowest BCUT2D eigenvalue weighted by atomic mass is 9.75. The molecule has 1 saturated heterocycles. The molecule has 0 spiro atoms. The van der Waals surface area contributed by atoms with Gasteiger partial charge in [-0.3, -0.25) is 0 Å². The normalized spacial score (nSPS) is 30.0. The third-order valence-corrected chi connectivity index (χ3v) is 5.63. The van der Waals surface area contributed by atoms with Crippen LogP contribution in [0.5, 0.6) is 0 Å². The van der Waals surface area contributed by atoms with Crippen molar-refractivity contribution < 1.29 is 18.3 Å². The van der Waals surface area contributed by atoms with Crippen LogP contribution in [0, 0.1) is 40.7 Å². The molecule has 0 bridgehead atoms. The minimum absolute atomic E-state index is 0.291. The summed E-state index contributed by atoms with van der Waals surface area (Å²) in [5.74, 6) is 0.0848. The zero-order valence-electron chi connectivity index (χ0n) is 14.6. The molecule has 1 aliphatic heterocycles. The van der Waals surface area contributed by atoms with E-state index in [2.05, 4.69) is 6.92 Å². The van der Waals surface area contributed by atoms with E-state index >= 15 is 0 Å². The maximum Gasteiger partial charge on any atom is 0.184 e. The zero-order valence-corrected chi connectivity index (χ0v) is 14.6. The predicted molar refractivity (Wildman–Crippen MR) is 89.6 cm³/mol. The molecule has 0 radical (unpaired) electrons. The van der Waals surface area contributed by atoms with Crippen LogP contribution in [0.3, 0.4) is 0 Å². The van der Waals surface area contributed by atoms with Crippen molar-refractivity contribution in [3.8, 4) is 6.07 Å². The lowest BCUT2D eigenvalue weighted by Crippen LogP contribution is -2.34. The molecule has 1 heterocycles. The molecule has 0 N–H and O–H groups in total. The fraction of sp³-hybridized carbons (Fsp3) is 0.650. The van der Waals surface area contributed by atoms with Crippen molar-refractivity contribution in [3.05, 3.63) is 34.9 Å². The number of ether oxygens (including phenoxy) is 2. The van der Waals surface area contributed by atoms with Gasteiger partial charge in [0.25, 0.3) is 0 Å². The van der Waals surface area contributed by atoms with Crippen molar-refractivity contribution in [2.45, 2.75) is 51.7 Å². The van der Waals surface area contributed by atoms with Crippen LogP contribution in [0.2, 0.25) is 0 Å². The van der Waals surface area contributed by atoms with Crippen LogP contribution >= 0.6 is 0 Å². The smallest absolute Gasteiger partial charge is 0.184 e. The minimum Gasteiger partial charge on any atom is -0.348 e. The van der Waals surface area contributed by atoms with Gasteiger partial charge in [0.05, 0.1) is 13.2 Å². The molecule has 0 atom stereocenters. The van der Waals surface area contributed by atoms with E-state index in [0.29, 0.717) is 30.6 Å². The van der Waals surface area contributed by atoms with E-state index in [9.17, 15) is 8.78 Å². The molecule has 2 fully saturated rings. The van der Waals surface area contributed by atoms with E-state index < -0.39 is 23.5 Å². The summed E-state index contributed by atoms with van der Waals surface area (Å²) >= 11 is 0. The van der Waals surface area contributed by atoms with Gasteiger partial charge >= 0.3 is 0 Å². The Morgan fingerprint density at radius 2 is 1.64 bits per heavy atom. The third-order valence-electron chi connectivity index (χ3n) is 5.63. The average Bonchev–Trinajstić information content (AvgIpc) is 2.62. The Bertz CT molecular complexity index is 604. The van der Waals surface area contributed by atoms with Gasteiger partial charge in [0.1, 0.15) is 23.3 Å². The molecule has 3 rings (SSSR count). The first-order chi connectivity index (χ1) is 12.1. The number of hydrogen-bond acceptors (Lipinski definition) is 3. The van der Waals surface area contributed by atoms with Gasteiger partial charge < -0.3 is 9.47 Å². The number of hydrogen-bond donors (Lipinski definition) is 0. The first-order valence-electron chi connectivity index (χ1n) is 9.24. The van der Waals surface area contributed by atoms with E-state index in [-0.39, 0.29) is 0 Å². The topological polar surface area (TPSA) is 42.2 Å². The number of nitriles is 1. The van der Waals surface area contributed by atoms with Crippen LogP contribution in [-0.4, -0.2) is 13.2 Å². The molecule has 1 saturated carbocycles. The summed E-state index contributed by atoms with van der Waals surface area (Å²) in [5.41, 5.74) is -0.277. The second kappa shape index (κ2) is 8.25. The molecule has 0 unspecified atom stereocenters. The molecule has 5 heteroatoms. The molecule has 1 aromatic rings. The summed E-state index contributed by atoms with van der Waals surface area (Å²) < 4.78 is 39.0. The van der Waals surface area contributed by atoms with Crippen LogP contribution in [-0.2, 0) is 9.47 Å². The molecule has 1 aliphatic carbocycles. The monoisotopic (exact) mass is 349 g/mol. The van der Waals surface area contributed by atoms with Crippen molar-refractivity contribution in [3.63, 3.8) is 0 Å². The SMILES string of the molecule is CCC[C@H]1CC[C@H]([C@H]2CO[C@H](c3cc(F)c(C#N)c(F)c3)OC2)CC1. The largest absolute Gasteiger partial charge is 0.348 e. The summed E-state index contributed by atoms with van der Waals surface area (Å²) in [5, 5.41) is 8.74. The highest BCUT2D eigenvalue weighted by Crippen LogP contribution is 2.38. The summed E-state index contributed by atoms with van der Waals surface area (Å²) in [6.07, 6.45) is 6.81. The van der Waals surface area contributed by atoms with Crippen molar-refractivity contribution in [2.75, 3.05) is 13.2 Å². The van der Waals surface area contributed by atoms with Gasteiger partial charge in [0.2, 0.25) is 0 Å². The molecule has 1 aromatic carbocycles. The van der Waals surface area contributed by atoms with Crippen LogP contribution in [0.4, 0.5) is 8.78 Å². The van der Waals surface area contributed by atoms with Gasteiger partial charge in [0, 0.05) is 11.5 Å². The van der Waals surface area contributed by atoms with E-state index in [1.807, 2.05) is 0 Å². The van der Waals surface area contributed by atoms with Gasteiger partial charge in [-0.15, -0.1) is 0 Å². The Morgan fingerprint density at radius 1 is 1.04 bits per heavy atom. The number of benzene rings is 1. The fourth-order valence-electron chi connectivity index (χ4n) is 4.18. The number of halogens is 2. The Morgan fingerprint density at radius 3 is 2.16 bits per heavy atom. The average molecular weight is 349 g/mol. The molecule has 25 heavy (non-hydrogen) atoms. The van der Waals surface area contributed by atoms with E-state index in [4.69, 9.17) is 14.7 Å². The van der Waals surface area contributed by atoms with Gasteiger partial charge in [-0.1, -0.05) is 32.6 Å². The fourth-order valence-corrected chi connectivity index (χ4v) is 4.18. The Kier molecular flexibility index (Phi) is 6.03. The van der Waals surface area contributed by atoms with Crippen molar-refractivity contribution in [2.24, 2.45) is 17.8 Å². The highest BCUT2D eigenvalue weighted by atomic mass is 19.1. The van der Waals surface area contributed by atoms with E-state index in [1.165, 1.54) is 44.6 Å². The summed E-state index contributed by atoms with van der Waals surface area (Å²) in [7, 11) is 0.